The first-order valence-electron chi connectivity index (χ1n) is 9.38. The normalized spacial score (nSPS) is 14.6. The summed E-state index contributed by atoms with van der Waals surface area (Å²) in [5.41, 5.74) is 4.37. The zero-order valence-corrected chi connectivity index (χ0v) is 16.6. The summed E-state index contributed by atoms with van der Waals surface area (Å²) in [6.45, 7) is 9.02. The van der Waals surface area contributed by atoms with E-state index in [1.165, 1.54) is 10.8 Å². The van der Waals surface area contributed by atoms with Gasteiger partial charge >= 0.3 is 0 Å². The molecule has 1 aromatic heterocycles. The zero-order valence-electron chi connectivity index (χ0n) is 16.6. The maximum absolute atomic E-state index is 9.18. The molecule has 1 unspecified atom stereocenters. The molecule has 0 spiro atoms. The van der Waals surface area contributed by atoms with Gasteiger partial charge in [-0.1, -0.05) is 87.2 Å². The molecule has 0 amide bonds. The zero-order chi connectivity index (χ0) is 18.8. The summed E-state index contributed by atoms with van der Waals surface area (Å²) in [6.07, 6.45) is 2.73. The van der Waals surface area contributed by atoms with E-state index in [9.17, 15) is 1.37 Å². The second-order valence-corrected chi connectivity index (χ2v) is 12.7. The minimum absolute atomic E-state index is 0.691. The monoisotopic (exact) mass is 346 g/mol. The van der Waals surface area contributed by atoms with Crippen LogP contribution in [-0.2, 0) is 6.42 Å². The van der Waals surface area contributed by atoms with Crippen LogP contribution in [0.15, 0.2) is 72.9 Å². The minimum Gasteiger partial charge on any atom is -0.256 e. The molecule has 0 aliphatic carbocycles. The molecule has 128 valence electrons. The Bertz CT molecular complexity index is 868. The Morgan fingerprint density at radius 2 is 1.56 bits per heavy atom. The van der Waals surface area contributed by atoms with Gasteiger partial charge in [-0.05, 0) is 34.7 Å². The number of aromatic nitrogens is 1. The fourth-order valence-electron chi connectivity index (χ4n) is 3.17. The average Bonchev–Trinajstić information content (AvgIpc) is 2.62. The van der Waals surface area contributed by atoms with E-state index in [4.69, 9.17) is 4.98 Å². The number of benzene rings is 2. The first-order chi connectivity index (χ1) is 12.3. The lowest BCUT2D eigenvalue weighted by atomic mass is 9.93. The number of hydrogen-bond donors (Lipinski definition) is 0. The molecule has 0 aliphatic heterocycles. The van der Waals surface area contributed by atoms with Crippen molar-refractivity contribution >= 4 is 13.3 Å². The molecule has 0 bridgehead atoms. The lowest BCUT2D eigenvalue weighted by Crippen LogP contribution is -2.41. The van der Waals surface area contributed by atoms with E-state index in [0.717, 1.165) is 16.8 Å². The summed E-state index contributed by atoms with van der Waals surface area (Å²) in [6, 6.07) is 22.7. The van der Waals surface area contributed by atoms with Gasteiger partial charge in [-0.2, -0.15) is 0 Å². The van der Waals surface area contributed by atoms with Crippen LogP contribution < -0.4 is 5.19 Å². The lowest BCUT2D eigenvalue weighted by Gasteiger charge is -2.25. The maximum atomic E-state index is 9.18. The number of rotatable bonds is 5. The molecule has 0 fully saturated rings. The van der Waals surface area contributed by atoms with Gasteiger partial charge in [-0.25, -0.2) is 0 Å². The first kappa shape index (κ1) is 16.3. The van der Waals surface area contributed by atoms with E-state index in [-0.39, 0.29) is 0 Å². The van der Waals surface area contributed by atoms with E-state index in [2.05, 4.69) is 50.0 Å². The Hall–Kier alpha value is -2.19. The van der Waals surface area contributed by atoms with Crippen molar-refractivity contribution < 1.29 is 1.37 Å². The molecule has 1 heterocycles. The van der Waals surface area contributed by atoms with E-state index in [1.54, 1.807) is 0 Å². The molecule has 2 aromatic carbocycles. The van der Waals surface area contributed by atoms with Crippen molar-refractivity contribution in [2.75, 3.05) is 0 Å². The quantitative estimate of drug-likeness (QED) is 0.545. The van der Waals surface area contributed by atoms with Crippen molar-refractivity contribution in [2.24, 2.45) is 0 Å². The van der Waals surface area contributed by atoms with Crippen molar-refractivity contribution in [3.8, 4) is 11.3 Å². The van der Waals surface area contributed by atoms with Crippen LogP contribution in [-0.4, -0.2) is 13.1 Å². The molecule has 0 N–H and O–H groups in total. The molecule has 2 heteroatoms. The van der Waals surface area contributed by atoms with Gasteiger partial charge in [-0.3, -0.25) is 4.98 Å². The fourth-order valence-corrected chi connectivity index (χ4v) is 4.72. The number of nitrogens with zero attached hydrogens (tertiary/aromatic N) is 1. The van der Waals surface area contributed by atoms with Crippen LogP contribution in [0, 0.1) is 0 Å². The highest BCUT2D eigenvalue weighted by molar-refractivity contribution is 6.89. The number of pyridine rings is 1. The third-order valence-electron chi connectivity index (χ3n) is 4.55. The van der Waals surface area contributed by atoms with Gasteiger partial charge in [0.2, 0.25) is 0 Å². The maximum Gasteiger partial charge on any atom is 0.0799 e. The largest absolute Gasteiger partial charge is 0.256 e. The third kappa shape index (κ3) is 4.26. The van der Waals surface area contributed by atoms with Crippen LogP contribution in [0.3, 0.4) is 0 Å². The number of hydrogen-bond acceptors (Lipinski definition) is 1. The highest BCUT2D eigenvalue weighted by Crippen LogP contribution is 2.25. The highest BCUT2D eigenvalue weighted by atomic mass is 28.3. The first-order valence-corrected chi connectivity index (χ1v) is 12.4. The topological polar surface area (TPSA) is 12.9 Å². The second-order valence-electron chi connectivity index (χ2n) is 7.67. The SMILES string of the molecule is [2H]C(C)(Cc1ccccc1)c1cc(-c2ccccc2)ncc1[Si](C)(C)C. The van der Waals surface area contributed by atoms with Crippen molar-refractivity contribution in [1.29, 1.82) is 0 Å². The summed E-state index contributed by atoms with van der Waals surface area (Å²) in [4.78, 5) is 4.75. The molecule has 1 nitrogen and oxygen atoms in total. The predicted molar refractivity (Wildman–Crippen MR) is 111 cm³/mol. The average molecular weight is 347 g/mol. The third-order valence-corrected chi connectivity index (χ3v) is 6.57. The Kier molecular flexibility index (Phi) is 4.80. The van der Waals surface area contributed by atoms with Crippen LogP contribution in [0.2, 0.25) is 19.6 Å². The fraction of sp³-hybridized carbons (Fsp3) is 0.261. The second kappa shape index (κ2) is 7.36. The molecule has 3 rings (SSSR count). The van der Waals surface area contributed by atoms with Gasteiger partial charge in [0.25, 0.3) is 0 Å². The van der Waals surface area contributed by atoms with Gasteiger partial charge in [0.1, 0.15) is 0 Å². The van der Waals surface area contributed by atoms with Gasteiger partial charge in [-0.15, -0.1) is 0 Å². The Labute approximate surface area is 154 Å². The van der Waals surface area contributed by atoms with Crippen LogP contribution in [0.1, 0.15) is 25.3 Å². The van der Waals surface area contributed by atoms with Gasteiger partial charge in [0.15, 0.2) is 0 Å². The molecule has 1 atom stereocenters. The van der Waals surface area contributed by atoms with Crippen molar-refractivity contribution in [3.05, 3.63) is 84.1 Å². The Balaban J connectivity index is 2.10. The smallest absolute Gasteiger partial charge is 0.0799 e. The van der Waals surface area contributed by atoms with Crippen LogP contribution in [0.4, 0.5) is 0 Å². The molecule has 3 aromatic rings. The van der Waals surface area contributed by atoms with Gasteiger partial charge in [0.05, 0.1) is 13.8 Å². The summed E-state index contributed by atoms with van der Waals surface area (Å²) < 4.78 is 9.18. The van der Waals surface area contributed by atoms with Crippen molar-refractivity contribution in [3.63, 3.8) is 0 Å². The standard InChI is InChI=1S/C23H27NSi/c1-18(15-19-11-7-5-8-12-19)21-16-22(20-13-9-6-10-14-20)24-17-23(21)25(2,3)4/h5-14,16-18H,15H2,1-4H3/i18D. The highest BCUT2D eigenvalue weighted by Gasteiger charge is 2.24. The Morgan fingerprint density at radius 3 is 2.16 bits per heavy atom. The molecular weight excluding hydrogens is 318 g/mol. The summed E-state index contributed by atoms with van der Waals surface area (Å²) in [5, 5.41) is 1.28. The summed E-state index contributed by atoms with van der Waals surface area (Å²) in [7, 11) is -1.61. The van der Waals surface area contributed by atoms with Gasteiger partial charge < -0.3 is 0 Å². The van der Waals surface area contributed by atoms with Crippen LogP contribution in [0.25, 0.3) is 11.3 Å². The molecule has 25 heavy (non-hydrogen) atoms. The van der Waals surface area contributed by atoms with Crippen molar-refractivity contribution in [2.45, 2.75) is 38.9 Å². The van der Waals surface area contributed by atoms with Gasteiger partial charge in [0, 0.05) is 13.1 Å². The molecule has 0 aliphatic rings. The van der Waals surface area contributed by atoms with Crippen molar-refractivity contribution in [1.82, 2.24) is 4.98 Å². The van der Waals surface area contributed by atoms with E-state index < -0.39 is 14.0 Å². The van der Waals surface area contributed by atoms with E-state index >= 15 is 0 Å². The van der Waals surface area contributed by atoms with Crippen LogP contribution in [0.5, 0.6) is 0 Å². The predicted octanol–water partition coefficient (Wildman–Crippen LogP) is 5.64. The summed E-state index contributed by atoms with van der Waals surface area (Å²) >= 11 is 0. The Morgan fingerprint density at radius 1 is 0.960 bits per heavy atom. The lowest BCUT2D eigenvalue weighted by molar-refractivity contribution is 0.762. The molecule has 0 radical (unpaired) electrons. The minimum atomic E-state index is -1.61. The molecule has 0 saturated heterocycles. The van der Waals surface area contributed by atoms with E-state index in [1.807, 2.05) is 49.5 Å². The van der Waals surface area contributed by atoms with Crippen LogP contribution >= 0.6 is 0 Å². The molecular formula is C23H27NSi. The summed E-state index contributed by atoms with van der Waals surface area (Å²) in [5.74, 6) is -0.691. The molecule has 0 saturated carbocycles. The van der Waals surface area contributed by atoms with E-state index in [0.29, 0.717) is 6.42 Å².